The van der Waals surface area contributed by atoms with Crippen molar-refractivity contribution in [2.45, 2.75) is 105 Å². The Labute approximate surface area is 268 Å². The van der Waals surface area contributed by atoms with Crippen LogP contribution in [0.25, 0.3) is 10.8 Å². The van der Waals surface area contributed by atoms with Crippen LogP contribution in [0.3, 0.4) is 0 Å². The number of anilines is 1. The number of phenolic OH excluding ortho intramolecular Hbond substituents is 1. The number of alkyl carbamates (subject to hydrolysis) is 1. The van der Waals surface area contributed by atoms with Gasteiger partial charge in [-0.05, 0) is 94.2 Å². The van der Waals surface area contributed by atoms with Crippen molar-refractivity contribution in [3.63, 3.8) is 0 Å². The van der Waals surface area contributed by atoms with Gasteiger partial charge in [0.05, 0.1) is 0 Å². The number of carbonyl (C=O) groups is 3. The molecule has 8 nitrogen and oxygen atoms in total. The number of aryl methyl sites for hydroxylation is 1. The molecule has 0 fully saturated rings. The molecule has 3 N–H and O–H groups in total. The minimum absolute atomic E-state index is 0.0504. The van der Waals surface area contributed by atoms with Gasteiger partial charge in [-0.25, -0.2) is 4.79 Å². The van der Waals surface area contributed by atoms with E-state index in [2.05, 4.69) is 24.5 Å². The zero-order valence-electron chi connectivity index (χ0n) is 28.3. The zero-order valence-corrected chi connectivity index (χ0v) is 28.3. The third-order valence-corrected chi connectivity index (χ3v) is 7.69. The fourth-order valence-corrected chi connectivity index (χ4v) is 5.43. The summed E-state index contributed by atoms with van der Waals surface area (Å²) >= 11 is 0. The molecule has 8 heteroatoms. The Kier molecular flexibility index (Phi) is 12.0. The molecule has 3 aromatic rings. The van der Waals surface area contributed by atoms with Crippen LogP contribution < -0.4 is 10.6 Å². The van der Waals surface area contributed by atoms with Gasteiger partial charge in [0.1, 0.15) is 23.4 Å². The molecule has 0 heterocycles. The molecule has 0 spiro atoms. The lowest BCUT2D eigenvalue weighted by Crippen LogP contribution is -2.55. The lowest BCUT2D eigenvalue weighted by molar-refractivity contribution is -0.144. The lowest BCUT2D eigenvalue weighted by atomic mass is 9.94. The Morgan fingerprint density at radius 1 is 0.867 bits per heavy atom. The van der Waals surface area contributed by atoms with Crippen molar-refractivity contribution in [2.24, 2.45) is 11.8 Å². The highest BCUT2D eigenvalue weighted by atomic mass is 16.6. The van der Waals surface area contributed by atoms with Crippen molar-refractivity contribution in [3.8, 4) is 5.75 Å². The van der Waals surface area contributed by atoms with Crippen molar-refractivity contribution in [2.75, 3.05) is 5.32 Å². The summed E-state index contributed by atoms with van der Waals surface area (Å²) in [6, 6.07) is 16.2. The molecule has 3 rings (SSSR count). The molecule has 0 aliphatic carbocycles. The SMILES string of the molecule is Cc1cccc(C(C(=O)Nc2ccc3ccccc3c2)N(C(=O)C(CC(C)C)NC(=O)OC(C)(C)C)C(C)CCC(C)C)c1O. The molecule has 3 atom stereocenters. The summed E-state index contributed by atoms with van der Waals surface area (Å²) in [4.78, 5) is 43.6. The van der Waals surface area contributed by atoms with E-state index in [9.17, 15) is 19.5 Å². The Bertz CT molecular complexity index is 1480. The fraction of sp³-hybridized carbons (Fsp3) is 0.486. The summed E-state index contributed by atoms with van der Waals surface area (Å²) < 4.78 is 5.52. The standard InChI is InChI=1S/C37H51N3O5/c1-23(2)17-18-26(6)40(35(43)31(21-24(3)4)39-36(44)45-37(7,8)9)32(30-16-12-13-25(5)33(30)41)34(42)38-29-20-19-27-14-10-11-15-28(27)22-29/h10-16,19-20,22-24,26,31-32,41H,17-18,21H2,1-9H3,(H,38,42)(H,39,44). The molecule has 0 aromatic heterocycles. The monoisotopic (exact) mass is 617 g/mol. The molecule has 0 aliphatic rings. The van der Waals surface area contributed by atoms with Crippen molar-refractivity contribution in [1.29, 1.82) is 0 Å². The molecule has 45 heavy (non-hydrogen) atoms. The molecule has 0 aliphatic heterocycles. The summed E-state index contributed by atoms with van der Waals surface area (Å²) in [6.45, 7) is 17.1. The summed E-state index contributed by atoms with van der Waals surface area (Å²) in [7, 11) is 0. The fourth-order valence-electron chi connectivity index (χ4n) is 5.43. The molecule has 3 amide bonds. The second kappa shape index (κ2) is 15.3. The predicted molar refractivity (Wildman–Crippen MR) is 181 cm³/mol. The zero-order chi connectivity index (χ0) is 33.5. The Hall–Kier alpha value is -4.07. The van der Waals surface area contributed by atoms with Gasteiger partial charge < -0.3 is 25.4 Å². The van der Waals surface area contributed by atoms with Gasteiger partial charge in [-0.2, -0.15) is 0 Å². The lowest BCUT2D eigenvalue weighted by Gasteiger charge is -2.39. The van der Waals surface area contributed by atoms with Gasteiger partial charge in [0, 0.05) is 17.3 Å². The van der Waals surface area contributed by atoms with Crippen LogP contribution in [0.2, 0.25) is 0 Å². The Morgan fingerprint density at radius 2 is 1.53 bits per heavy atom. The van der Waals surface area contributed by atoms with E-state index in [4.69, 9.17) is 4.74 Å². The number of ether oxygens (including phenoxy) is 1. The number of carbonyl (C=O) groups excluding carboxylic acids is 3. The van der Waals surface area contributed by atoms with Gasteiger partial charge in [-0.3, -0.25) is 9.59 Å². The first-order valence-corrected chi connectivity index (χ1v) is 16.0. The second-order valence-electron chi connectivity index (χ2n) is 13.9. The Balaban J connectivity index is 2.14. The quantitative estimate of drug-likeness (QED) is 0.190. The molecule has 0 saturated heterocycles. The first-order valence-electron chi connectivity index (χ1n) is 16.0. The van der Waals surface area contributed by atoms with Crippen molar-refractivity contribution >= 4 is 34.4 Å². The highest BCUT2D eigenvalue weighted by Gasteiger charge is 2.40. The van der Waals surface area contributed by atoms with Crippen molar-refractivity contribution in [1.82, 2.24) is 10.2 Å². The number of hydrogen-bond acceptors (Lipinski definition) is 5. The summed E-state index contributed by atoms with van der Waals surface area (Å²) in [5.41, 5.74) is 0.723. The van der Waals surface area contributed by atoms with Crippen LogP contribution in [-0.2, 0) is 14.3 Å². The number of para-hydroxylation sites is 1. The van der Waals surface area contributed by atoms with Gasteiger partial charge in [-0.1, -0.05) is 76.2 Å². The number of amides is 3. The Morgan fingerprint density at radius 3 is 2.16 bits per heavy atom. The molecule has 0 bridgehead atoms. The molecule has 0 radical (unpaired) electrons. The largest absolute Gasteiger partial charge is 0.507 e. The maximum atomic E-state index is 14.7. The number of benzene rings is 3. The topological polar surface area (TPSA) is 108 Å². The minimum Gasteiger partial charge on any atom is -0.507 e. The highest BCUT2D eigenvalue weighted by molar-refractivity contribution is 6.01. The van der Waals surface area contributed by atoms with Gasteiger partial charge in [0.25, 0.3) is 5.91 Å². The van der Waals surface area contributed by atoms with E-state index in [1.54, 1.807) is 50.8 Å². The number of nitrogens with one attached hydrogen (secondary N) is 2. The second-order valence-corrected chi connectivity index (χ2v) is 13.9. The molecular weight excluding hydrogens is 566 g/mol. The number of aromatic hydroxyl groups is 1. The third-order valence-electron chi connectivity index (χ3n) is 7.69. The number of nitrogens with zero attached hydrogens (tertiary/aromatic N) is 1. The minimum atomic E-state index is -1.18. The average molecular weight is 618 g/mol. The van der Waals surface area contributed by atoms with Crippen LogP contribution in [-0.4, -0.2) is 45.6 Å². The van der Waals surface area contributed by atoms with Crippen molar-refractivity contribution < 1.29 is 24.2 Å². The van der Waals surface area contributed by atoms with Crippen LogP contribution in [0.15, 0.2) is 60.7 Å². The maximum Gasteiger partial charge on any atom is 0.408 e. The van der Waals surface area contributed by atoms with E-state index in [0.717, 1.165) is 17.2 Å². The van der Waals surface area contributed by atoms with Crippen LogP contribution in [0.4, 0.5) is 10.5 Å². The molecule has 0 saturated carbocycles. The number of fused-ring (bicyclic) bond motifs is 1. The van der Waals surface area contributed by atoms with Gasteiger partial charge >= 0.3 is 6.09 Å². The predicted octanol–water partition coefficient (Wildman–Crippen LogP) is 8.13. The van der Waals surface area contributed by atoms with Crippen LogP contribution in [0.1, 0.15) is 91.8 Å². The van der Waals surface area contributed by atoms with E-state index >= 15 is 0 Å². The van der Waals surface area contributed by atoms with E-state index in [1.165, 1.54) is 0 Å². The first kappa shape index (κ1) is 35.4. The number of hydrogen-bond donors (Lipinski definition) is 3. The average Bonchev–Trinajstić information content (AvgIpc) is 2.94. The van der Waals surface area contributed by atoms with Gasteiger partial charge in [-0.15, -0.1) is 0 Å². The summed E-state index contributed by atoms with van der Waals surface area (Å²) in [5, 5.41) is 19.1. The van der Waals surface area contributed by atoms with E-state index < -0.39 is 41.6 Å². The van der Waals surface area contributed by atoms with Crippen LogP contribution >= 0.6 is 0 Å². The molecule has 3 unspecified atom stereocenters. The summed E-state index contributed by atoms with van der Waals surface area (Å²) in [6.07, 6.45) is 1.07. The summed E-state index contributed by atoms with van der Waals surface area (Å²) in [5.74, 6) is -0.501. The van der Waals surface area contributed by atoms with Crippen molar-refractivity contribution in [3.05, 3.63) is 71.8 Å². The van der Waals surface area contributed by atoms with Crippen LogP contribution in [0, 0.1) is 18.8 Å². The van der Waals surface area contributed by atoms with E-state index in [0.29, 0.717) is 35.6 Å². The molecule has 3 aromatic carbocycles. The molecule has 244 valence electrons. The van der Waals surface area contributed by atoms with E-state index in [1.807, 2.05) is 63.2 Å². The third kappa shape index (κ3) is 9.96. The smallest absolute Gasteiger partial charge is 0.408 e. The van der Waals surface area contributed by atoms with Crippen LogP contribution in [0.5, 0.6) is 5.75 Å². The molecular formula is C37H51N3O5. The maximum absolute atomic E-state index is 14.7. The number of rotatable bonds is 12. The van der Waals surface area contributed by atoms with Gasteiger partial charge in [0.15, 0.2) is 0 Å². The van der Waals surface area contributed by atoms with E-state index in [-0.39, 0.29) is 11.7 Å². The normalized spacial score (nSPS) is 13.8. The first-order chi connectivity index (χ1) is 21.1. The van der Waals surface area contributed by atoms with Gasteiger partial charge in [0.2, 0.25) is 5.91 Å². The number of phenols is 1. The highest BCUT2D eigenvalue weighted by Crippen LogP contribution is 2.36.